The zero-order valence-electron chi connectivity index (χ0n) is 13.1. The number of amides is 2. The van der Waals surface area contributed by atoms with Crippen LogP contribution in [0.3, 0.4) is 0 Å². The highest BCUT2D eigenvalue weighted by atomic mass is 32.1. The zero-order chi connectivity index (χ0) is 16.4. The van der Waals surface area contributed by atoms with Crippen molar-refractivity contribution in [2.45, 2.75) is 13.3 Å². The molecule has 0 spiro atoms. The van der Waals surface area contributed by atoms with Crippen LogP contribution >= 0.6 is 11.3 Å². The van der Waals surface area contributed by atoms with E-state index in [9.17, 15) is 9.59 Å². The molecule has 1 saturated heterocycles. The number of thiazole rings is 1. The minimum Gasteiger partial charge on any atom is -0.494 e. The number of hydrogen-bond donors (Lipinski definition) is 0. The van der Waals surface area contributed by atoms with Crippen LogP contribution in [-0.4, -0.2) is 23.4 Å². The van der Waals surface area contributed by atoms with Crippen molar-refractivity contribution in [1.82, 2.24) is 4.98 Å². The molecule has 4 unspecified atom stereocenters. The van der Waals surface area contributed by atoms with Crippen LogP contribution in [0.2, 0.25) is 0 Å². The van der Waals surface area contributed by atoms with E-state index in [1.807, 2.05) is 25.1 Å². The maximum Gasteiger partial charge on any atom is 0.240 e. The molecule has 24 heavy (non-hydrogen) atoms. The molecule has 1 saturated carbocycles. The average molecular weight is 340 g/mol. The molecule has 1 aromatic heterocycles. The summed E-state index contributed by atoms with van der Waals surface area (Å²) in [7, 11) is 0. The Labute approximate surface area is 142 Å². The van der Waals surface area contributed by atoms with Crippen molar-refractivity contribution in [3.63, 3.8) is 0 Å². The van der Waals surface area contributed by atoms with Crippen LogP contribution in [0.4, 0.5) is 5.13 Å². The zero-order valence-corrected chi connectivity index (χ0v) is 14.0. The third kappa shape index (κ3) is 1.77. The Hall–Kier alpha value is -2.21. The van der Waals surface area contributed by atoms with Gasteiger partial charge < -0.3 is 4.74 Å². The highest BCUT2D eigenvalue weighted by Gasteiger charge is 2.60. The summed E-state index contributed by atoms with van der Waals surface area (Å²) in [5, 5.41) is 0.488. The van der Waals surface area contributed by atoms with Gasteiger partial charge in [0.05, 0.1) is 28.7 Å². The lowest BCUT2D eigenvalue weighted by molar-refractivity contribution is -0.123. The molecule has 3 aliphatic rings. The number of rotatable bonds is 3. The Morgan fingerprint density at radius 2 is 1.92 bits per heavy atom. The van der Waals surface area contributed by atoms with E-state index < -0.39 is 0 Å². The second-order valence-electron chi connectivity index (χ2n) is 6.57. The van der Waals surface area contributed by atoms with Gasteiger partial charge in [0.15, 0.2) is 5.13 Å². The van der Waals surface area contributed by atoms with Gasteiger partial charge in [0, 0.05) is 0 Å². The van der Waals surface area contributed by atoms with E-state index in [0.29, 0.717) is 11.7 Å². The Kier molecular flexibility index (Phi) is 2.89. The minimum atomic E-state index is -0.182. The predicted octanol–water partition coefficient (Wildman–Crippen LogP) is 3.01. The van der Waals surface area contributed by atoms with Gasteiger partial charge in [-0.05, 0) is 43.4 Å². The van der Waals surface area contributed by atoms with Crippen molar-refractivity contribution in [3.8, 4) is 5.75 Å². The number of fused-ring (bicyclic) bond motifs is 6. The van der Waals surface area contributed by atoms with Crippen LogP contribution < -0.4 is 9.64 Å². The second-order valence-corrected chi connectivity index (χ2v) is 7.58. The van der Waals surface area contributed by atoms with Crippen LogP contribution in [-0.2, 0) is 9.59 Å². The van der Waals surface area contributed by atoms with Gasteiger partial charge in [0.25, 0.3) is 0 Å². The van der Waals surface area contributed by atoms with Gasteiger partial charge in [0.2, 0.25) is 11.8 Å². The van der Waals surface area contributed by atoms with E-state index in [1.165, 1.54) is 16.2 Å². The number of ether oxygens (including phenoxy) is 1. The molecule has 0 N–H and O–H groups in total. The lowest BCUT2D eigenvalue weighted by Crippen LogP contribution is -2.32. The standard InChI is InChI=1S/C18H16N2O3S/c1-2-23-11-5-6-12-13(8-11)24-18(19-12)20-16(21)14-9-3-4-10(7-9)15(14)17(20)22/h3-6,8-10,14-15H,2,7H2,1H3. The summed E-state index contributed by atoms with van der Waals surface area (Å²) < 4.78 is 6.44. The third-order valence-corrected chi connectivity index (χ3v) is 6.32. The maximum atomic E-state index is 12.8. The first-order valence-electron chi connectivity index (χ1n) is 8.27. The van der Waals surface area contributed by atoms with Gasteiger partial charge in [0.1, 0.15) is 5.75 Å². The number of benzene rings is 1. The van der Waals surface area contributed by atoms with E-state index in [-0.39, 0.29) is 35.5 Å². The molecule has 2 bridgehead atoms. The Morgan fingerprint density at radius 3 is 2.58 bits per heavy atom. The highest BCUT2D eigenvalue weighted by molar-refractivity contribution is 7.22. The number of nitrogens with zero attached hydrogens (tertiary/aromatic N) is 2. The molecular weight excluding hydrogens is 324 g/mol. The first-order chi connectivity index (χ1) is 11.7. The number of hydrogen-bond acceptors (Lipinski definition) is 5. The molecule has 122 valence electrons. The van der Waals surface area contributed by atoms with Gasteiger partial charge in [-0.2, -0.15) is 0 Å². The summed E-state index contributed by atoms with van der Waals surface area (Å²) in [4.78, 5) is 31.5. The summed E-state index contributed by atoms with van der Waals surface area (Å²) >= 11 is 1.38. The summed E-state index contributed by atoms with van der Waals surface area (Å²) in [6.45, 7) is 2.53. The summed E-state index contributed by atoms with van der Waals surface area (Å²) in [5.41, 5.74) is 0.789. The van der Waals surface area contributed by atoms with Crippen molar-refractivity contribution in [3.05, 3.63) is 30.4 Å². The monoisotopic (exact) mass is 340 g/mol. The Balaban J connectivity index is 1.53. The molecule has 2 amide bonds. The summed E-state index contributed by atoms with van der Waals surface area (Å²) in [6.07, 6.45) is 5.15. The van der Waals surface area contributed by atoms with Crippen molar-refractivity contribution in [2.75, 3.05) is 11.5 Å². The van der Waals surface area contributed by atoms with E-state index in [1.54, 1.807) is 0 Å². The van der Waals surface area contributed by atoms with Crippen molar-refractivity contribution >= 4 is 38.5 Å². The molecule has 2 aliphatic carbocycles. The Morgan fingerprint density at radius 1 is 1.21 bits per heavy atom. The highest BCUT2D eigenvalue weighted by Crippen LogP contribution is 2.53. The largest absolute Gasteiger partial charge is 0.494 e. The van der Waals surface area contributed by atoms with Crippen molar-refractivity contribution in [2.24, 2.45) is 23.7 Å². The number of carbonyl (C=O) groups excluding carboxylic acids is 2. The molecular formula is C18H16N2O3S. The number of anilines is 1. The van der Waals surface area contributed by atoms with E-state index in [4.69, 9.17) is 4.74 Å². The quantitative estimate of drug-likeness (QED) is 0.637. The molecule has 6 heteroatoms. The van der Waals surface area contributed by atoms with Crippen LogP contribution in [0, 0.1) is 23.7 Å². The lowest BCUT2D eigenvalue weighted by atomic mass is 9.85. The van der Waals surface area contributed by atoms with Crippen LogP contribution in [0.5, 0.6) is 5.75 Å². The van der Waals surface area contributed by atoms with E-state index in [2.05, 4.69) is 17.1 Å². The smallest absolute Gasteiger partial charge is 0.240 e. The average Bonchev–Trinajstić information content (AvgIpc) is 3.30. The topological polar surface area (TPSA) is 59.5 Å². The summed E-state index contributed by atoms with van der Waals surface area (Å²) in [5.74, 6) is 0.702. The fraction of sp³-hybridized carbons (Fsp3) is 0.389. The van der Waals surface area contributed by atoms with Crippen LogP contribution in [0.15, 0.2) is 30.4 Å². The number of aromatic nitrogens is 1. The fourth-order valence-corrected chi connectivity index (χ4v) is 5.34. The lowest BCUT2D eigenvalue weighted by Gasteiger charge is -2.14. The molecule has 0 radical (unpaired) electrons. The first kappa shape index (κ1) is 14.2. The number of imide groups is 1. The predicted molar refractivity (Wildman–Crippen MR) is 91.0 cm³/mol. The molecule has 2 aromatic rings. The molecule has 1 aromatic carbocycles. The van der Waals surface area contributed by atoms with Gasteiger partial charge in [-0.15, -0.1) is 0 Å². The molecule has 2 fully saturated rings. The van der Waals surface area contributed by atoms with Gasteiger partial charge in [-0.25, -0.2) is 9.88 Å². The Bertz CT molecular complexity index is 873. The van der Waals surface area contributed by atoms with Crippen molar-refractivity contribution in [1.29, 1.82) is 0 Å². The first-order valence-corrected chi connectivity index (χ1v) is 9.08. The maximum absolute atomic E-state index is 12.8. The van der Waals surface area contributed by atoms with Crippen LogP contribution in [0.25, 0.3) is 10.2 Å². The molecule has 4 atom stereocenters. The van der Waals surface area contributed by atoms with E-state index >= 15 is 0 Å². The molecule has 1 aliphatic heterocycles. The van der Waals surface area contributed by atoms with Crippen LogP contribution in [0.1, 0.15) is 13.3 Å². The third-order valence-electron chi connectivity index (χ3n) is 5.32. The van der Waals surface area contributed by atoms with E-state index in [0.717, 1.165) is 22.4 Å². The van der Waals surface area contributed by atoms with Gasteiger partial charge in [-0.3, -0.25) is 9.59 Å². The van der Waals surface area contributed by atoms with Gasteiger partial charge >= 0.3 is 0 Å². The molecule has 5 nitrogen and oxygen atoms in total. The van der Waals surface area contributed by atoms with Crippen molar-refractivity contribution < 1.29 is 14.3 Å². The molecule has 5 rings (SSSR count). The SMILES string of the molecule is CCOc1ccc2nc(N3C(=O)C4C5C=CC(C5)C4C3=O)sc2c1. The molecule has 2 heterocycles. The fourth-order valence-electron chi connectivity index (χ4n) is 4.34. The van der Waals surface area contributed by atoms with Gasteiger partial charge in [-0.1, -0.05) is 23.5 Å². The normalized spacial score (nSPS) is 30.6. The number of carbonyl (C=O) groups is 2. The number of allylic oxidation sites excluding steroid dienone is 2. The summed E-state index contributed by atoms with van der Waals surface area (Å²) in [6, 6.07) is 5.65. The second kappa shape index (κ2) is 4.89. The minimum absolute atomic E-state index is 0.0778.